The topological polar surface area (TPSA) is 58.5 Å². The van der Waals surface area contributed by atoms with Gasteiger partial charge in [0.05, 0.1) is 17.7 Å². The Morgan fingerprint density at radius 1 is 1.20 bits per heavy atom. The molecule has 1 saturated heterocycles. The summed E-state index contributed by atoms with van der Waals surface area (Å²) in [5.41, 5.74) is 0.949. The maximum Gasteiger partial charge on any atom is 0.126 e. The third-order valence-electron chi connectivity index (χ3n) is 7.13. The summed E-state index contributed by atoms with van der Waals surface area (Å²) in [6.07, 6.45) is 4.34. The minimum Gasteiger partial charge on any atom is -0.497 e. The van der Waals surface area contributed by atoms with Crippen molar-refractivity contribution in [1.82, 2.24) is 14.9 Å². The molecule has 0 aliphatic carbocycles. The van der Waals surface area contributed by atoms with Gasteiger partial charge in [0, 0.05) is 47.8 Å². The van der Waals surface area contributed by atoms with Gasteiger partial charge in [-0.25, -0.2) is 13.8 Å². The number of aliphatic hydroxyl groups excluding tert-OH is 1. The summed E-state index contributed by atoms with van der Waals surface area (Å²) >= 11 is 1.74. The van der Waals surface area contributed by atoms with Crippen LogP contribution in [0.15, 0.2) is 53.8 Å². The molecule has 5 nitrogen and oxygen atoms in total. The van der Waals surface area contributed by atoms with Crippen molar-refractivity contribution in [2.75, 3.05) is 39.1 Å². The standard InChI is InChI=1S/C27H33F2N3O2S/c1-34-21-5-6-24-22(16-21)26(20(17-28)18-31-24)23(29)7-8-27(19-33)9-12-32(13-10-27)14-15-35-25-4-2-3-11-30-25/h2-6,11,16,18,23,33H,7-10,12-15,17,19H2,1H3/t23-/m1/s1. The maximum absolute atomic E-state index is 15.7. The lowest BCUT2D eigenvalue weighted by atomic mass is 9.74. The lowest BCUT2D eigenvalue weighted by Crippen LogP contribution is -2.42. The zero-order chi connectivity index (χ0) is 24.7. The molecule has 0 radical (unpaired) electrons. The number of likely N-dealkylation sites (tertiary alicyclic amines) is 1. The molecule has 3 aromatic rings. The minimum absolute atomic E-state index is 0.0388. The van der Waals surface area contributed by atoms with Crippen LogP contribution in [0, 0.1) is 5.41 Å². The van der Waals surface area contributed by atoms with E-state index in [4.69, 9.17) is 4.74 Å². The molecule has 1 aromatic carbocycles. The Hall–Kier alpha value is -2.29. The number of rotatable bonds is 11. The molecule has 188 valence electrons. The molecule has 0 saturated carbocycles. The van der Waals surface area contributed by atoms with Crippen molar-refractivity contribution < 1.29 is 18.6 Å². The molecule has 35 heavy (non-hydrogen) atoms. The van der Waals surface area contributed by atoms with E-state index in [1.165, 1.54) is 6.20 Å². The molecule has 4 rings (SSSR count). The Morgan fingerprint density at radius 2 is 2.03 bits per heavy atom. The van der Waals surface area contributed by atoms with Crippen LogP contribution in [0.4, 0.5) is 8.78 Å². The monoisotopic (exact) mass is 501 g/mol. The van der Waals surface area contributed by atoms with Gasteiger partial charge in [-0.2, -0.15) is 0 Å². The second-order valence-electron chi connectivity index (χ2n) is 9.24. The summed E-state index contributed by atoms with van der Waals surface area (Å²) in [6, 6.07) is 11.2. The number of aromatic nitrogens is 2. The second-order valence-corrected chi connectivity index (χ2v) is 10.4. The van der Waals surface area contributed by atoms with Crippen LogP contribution in [0.1, 0.15) is 43.0 Å². The summed E-state index contributed by atoms with van der Waals surface area (Å²) in [5.74, 6) is 1.55. The third-order valence-corrected chi connectivity index (χ3v) is 8.06. The Morgan fingerprint density at radius 3 is 2.71 bits per heavy atom. The predicted molar refractivity (Wildman–Crippen MR) is 136 cm³/mol. The average molecular weight is 502 g/mol. The fourth-order valence-electron chi connectivity index (χ4n) is 4.86. The van der Waals surface area contributed by atoms with Gasteiger partial charge < -0.3 is 14.7 Å². The quantitative estimate of drug-likeness (QED) is 0.337. The third kappa shape index (κ3) is 6.29. The molecule has 1 atom stereocenters. The zero-order valence-electron chi connectivity index (χ0n) is 20.1. The lowest BCUT2D eigenvalue weighted by molar-refractivity contribution is 0.0322. The molecule has 1 aliphatic heterocycles. The van der Waals surface area contributed by atoms with Crippen molar-refractivity contribution in [1.29, 1.82) is 0 Å². The van der Waals surface area contributed by atoms with E-state index in [2.05, 4.69) is 14.9 Å². The molecular formula is C27H33F2N3O2S. The highest BCUT2D eigenvalue weighted by Crippen LogP contribution is 2.41. The Bertz CT molecular complexity index is 1090. The normalized spacial score (nSPS) is 16.9. The largest absolute Gasteiger partial charge is 0.497 e. The van der Waals surface area contributed by atoms with Gasteiger partial charge in [0.25, 0.3) is 0 Å². The zero-order valence-corrected chi connectivity index (χ0v) is 20.9. The van der Waals surface area contributed by atoms with Crippen molar-refractivity contribution >= 4 is 22.7 Å². The number of thioether (sulfide) groups is 1. The number of nitrogens with zero attached hydrogens (tertiary/aromatic N) is 3. The van der Waals surface area contributed by atoms with Crippen LogP contribution in [0.25, 0.3) is 10.9 Å². The molecule has 0 bridgehead atoms. The number of hydrogen-bond acceptors (Lipinski definition) is 6. The molecular weight excluding hydrogens is 468 g/mol. The summed E-state index contributed by atoms with van der Waals surface area (Å²) in [5, 5.41) is 11.9. The highest BCUT2D eigenvalue weighted by Gasteiger charge is 2.35. The Kier molecular flexibility index (Phi) is 8.92. The van der Waals surface area contributed by atoms with E-state index < -0.39 is 12.8 Å². The molecule has 1 aliphatic rings. The lowest BCUT2D eigenvalue weighted by Gasteiger charge is -2.41. The SMILES string of the molecule is COc1ccc2ncc(CF)c([C@H](F)CCC3(CO)CCN(CCSc4ccccn4)CC3)c2c1. The summed E-state index contributed by atoms with van der Waals surface area (Å²) < 4.78 is 34.7. The number of alkyl halides is 2. The number of pyridine rings is 2. The van der Waals surface area contributed by atoms with Gasteiger partial charge in [-0.1, -0.05) is 6.07 Å². The van der Waals surface area contributed by atoms with Crippen molar-refractivity contribution in [3.05, 3.63) is 59.9 Å². The van der Waals surface area contributed by atoms with Crippen LogP contribution >= 0.6 is 11.8 Å². The van der Waals surface area contributed by atoms with Crippen LogP contribution in [0.2, 0.25) is 0 Å². The number of hydrogen-bond donors (Lipinski definition) is 1. The van der Waals surface area contributed by atoms with Gasteiger partial charge in [-0.3, -0.25) is 4.98 Å². The fraction of sp³-hybridized carbons (Fsp3) is 0.481. The Labute approximate surface area is 209 Å². The van der Waals surface area contributed by atoms with Crippen molar-refractivity contribution in [2.24, 2.45) is 5.41 Å². The number of ether oxygens (including phenoxy) is 1. The van der Waals surface area contributed by atoms with Crippen LogP contribution < -0.4 is 4.74 Å². The van der Waals surface area contributed by atoms with Crippen LogP contribution in [-0.4, -0.2) is 59.1 Å². The van der Waals surface area contributed by atoms with Crippen LogP contribution in [0.3, 0.4) is 0 Å². The number of piperidine rings is 1. The van der Waals surface area contributed by atoms with Gasteiger partial charge in [0.1, 0.15) is 18.6 Å². The molecule has 1 fully saturated rings. The average Bonchev–Trinajstić information content (AvgIpc) is 2.92. The summed E-state index contributed by atoms with van der Waals surface area (Å²) in [7, 11) is 1.55. The van der Waals surface area contributed by atoms with Crippen molar-refractivity contribution in [3.8, 4) is 5.75 Å². The second kappa shape index (κ2) is 12.1. The first-order valence-corrected chi connectivity index (χ1v) is 13.1. The molecule has 0 amide bonds. The minimum atomic E-state index is -1.34. The first kappa shape index (κ1) is 25.8. The molecule has 0 spiro atoms. The van der Waals surface area contributed by atoms with E-state index >= 15 is 4.39 Å². The van der Waals surface area contributed by atoms with Gasteiger partial charge in [0.2, 0.25) is 0 Å². The van der Waals surface area contributed by atoms with Crippen molar-refractivity contribution in [2.45, 2.75) is 43.6 Å². The highest BCUT2D eigenvalue weighted by molar-refractivity contribution is 7.99. The summed E-state index contributed by atoms with van der Waals surface area (Å²) in [6.45, 7) is 1.99. The molecule has 0 unspecified atom stereocenters. The number of aliphatic hydroxyl groups is 1. The van der Waals surface area contributed by atoms with Crippen LogP contribution in [0.5, 0.6) is 5.75 Å². The first-order valence-electron chi connectivity index (χ1n) is 12.1. The number of methoxy groups -OCH3 is 1. The summed E-state index contributed by atoms with van der Waals surface area (Å²) in [4.78, 5) is 11.0. The Balaban J connectivity index is 1.36. The molecule has 8 heteroatoms. The smallest absolute Gasteiger partial charge is 0.126 e. The van der Waals surface area contributed by atoms with E-state index in [0.29, 0.717) is 28.6 Å². The number of benzene rings is 1. The van der Waals surface area contributed by atoms with E-state index in [1.54, 1.807) is 43.3 Å². The predicted octanol–water partition coefficient (Wildman–Crippen LogP) is 5.77. The van der Waals surface area contributed by atoms with Gasteiger partial charge >= 0.3 is 0 Å². The molecule has 3 heterocycles. The van der Waals surface area contributed by atoms with E-state index in [9.17, 15) is 9.50 Å². The molecule has 2 aromatic heterocycles. The van der Waals surface area contributed by atoms with Gasteiger partial charge in [-0.15, -0.1) is 11.8 Å². The number of fused-ring (bicyclic) bond motifs is 1. The van der Waals surface area contributed by atoms with E-state index in [1.807, 2.05) is 18.2 Å². The highest BCUT2D eigenvalue weighted by atomic mass is 32.2. The number of halogens is 2. The fourth-order valence-corrected chi connectivity index (χ4v) is 5.73. The van der Waals surface area contributed by atoms with Gasteiger partial charge in [0.15, 0.2) is 0 Å². The van der Waals surface area contributed by atoms with E-state index in [0.717, 1.165) is 43.3 Å². The van der Waals surface area contributed by atoms with Gasteiger partial charge in [-0.05, 0) is 74.5 Å². The van der Waals surface area contributed by atoms with E-state index in [-0.39, 0.29) is 24.0 Å². The van der Waals surface area contributed by atoms with Crippen LogP contribution in [-0.2, 0) is 6.67 Å². The first-order chi connectivity index (χ1) is 17.1. The maximum atomic E-state index is 15.7. The molecule has 1 N–H and O–H groups in total. The van der Waals surface area contributed by atoms with Crippen molar-refractivity contribution in [3.63, 3.8) is 0 Å².